The van der Waals surface area contributed by atoms with E-state index in [1.54, 1.807) is 11.0 Å². The van der Waals surface area contributed by atoms with E-state index in [4.69, 9.17) is 0 Å². The third-order valence-corrected chi connectivity index (χ3v) is 7.50. The molecule has 3 atom stereocenters. The zero-order valence-corrected chi connectivity index (χ0v) is 19.7. The van der Waals surface area contributed by atoms with Crippen molar-refractivity contribution in [2.24, 2.45) is 5.92 Å². The zero-order valence-electron chi connectivity index (χ0n) is 19.7. The van der Waals surface area contributed by atoms with Crippen LogP contribution in [0.2, 0.25) is 0 Å². The molecule has 0 saturated heterocycles. The minimum absolute atomic E-state index is 0.0143. The van der Waals surface area contributed by atoms with E-state index < -0.39 is 0 Å². The first-order valence-corrected chi connectivity index (χ1v) is 12.2. The molecule has 4 nitrogen and oxygen atoms in total. The highest BCUT2D eigenvalue weighted by molar-refractivity contribution is 6.01. The molecular weight excluding hydrogens is 432 g/mol. The van der Waals surface area contributed by atoms with Gasteiger partial charge in [0.15, 0.2) is 0 Å². The van der Waals surface area contributed by atoms with E-state index >= 15 is 0 Å². The number of nitrogens with zero attached hydrogens (tertiary/aromatic N) is 1. The number of carbonyl (C=O) groups is 1. The Hall–Kier alpha value is -4.05. The number of allylic oxidation sites excluding steroid dienone is 2. The normalized spacial score (nSPS) is 20.2. The van der Waals surface area contributed by atoms with Gasteiger partial charge in [-0.25, -0.2) is 0 Å². The summed E-state index contributed by atoms with van der Waals surface area (Å²) >= 11 is 0. The molecular formula is C31H28N2O2. The molecule has 0 aromatic heterocycles. The minimum Gasteiger partial charge on any atom is -0.508 e. The third kappa shape index (κ3) is 3.66. The highest BCUT2D eigenvalue weighted by Gasteiger charge is 2.41. The number of anilines is 1. The fraction of sp³-hybridized carbons (Fsp3) is 0.194. The molecule has 0 radical (unpaired) electrons. The average Bonchev–Trinajstić information content (AvgIpc) is 3.39. The summed E-state index contributed by atoms with van der Waals surface area (Å²) in [4.78, 5) is 15.4. The molecule has 4 aromatic carbocycles. The van der Waals surface area contributed by atoms with E-state index in [2.05, 4.69) is 35.7 Å². The van der Waals surface area contributed by atoms with Crippen molar-refractivity contribution in [3.63, 3.8) is 0 Å². The second-order valence-corrected chi connectivity index (χ2v) is 9.61. The SMILES string of the molecule is CN(Cc1ccccc1)C(=O)c1cccc2c1NC(c1c(O)ccc3ccccc13)C1CC=CC21. The molecule has 1 amide bonds. The molecule has 2 aliphatic rings. The number of fused-ring (bicyclic) bond motifs is 4. The number of rotatable bonds is 4. The summed E-state index contributed by atoms with van der Waals surface area (Å²) < 4.78 is 0. The summed E-state index contributed by atoms with van der Waals surface area (Å²) in [6, 6.07) is 27.9. The minimum atomic E-state index is -0.109. The standard InChI is InChI=1S/C31H28N2O2/c1-33(19-20-9-3-2-4-10-20)31(35)26-16-8-14-24-23-13-7-15-25(23)30(32-29(24)26)28-22-12-6-5-11-21(22)17-18-27(28)34/h2-14,16-18,23,25,30,32,34H,15,19H2,1H3. The van der Waals surface area contributed by atoms with E-state index in [-0.39, 0.29) is 23.8 Å². The van der Waals surface area contributed by atoms with Gasteiger partial charge in [-0.3, -0.25) is 4.79 Å². The maximum Gasteiger partial charge on any atom is 0.256 e. The monoisotopic (exact) mass is 460 g/mol. The summed E-state index contributed by atoms with van der Waals surface area (Å²) in [6.07, 6.45) is 5.43. The van der Waals surface area contributed by atoms with Crippen molar-refractivity contribution in [2.45, 2.75) is 24.9 Å². The van der Waals surface area contributed by atoms with Crippen LogP contribution in [0.1, 0.15) is 45.4 Å². The summed E-state index contributed by atoms with van der Waals surface area (Å²) in [5.74, 6) is 0.744. The Morgan fingerprint density at radius 3 is 2.63 bits per heavy atom. The number of hydrogen-bond acceptors (Lipinski definition) is 3. The number of hydrogen-bond donors (Lipinski definition) is 2. The highest BCUT2D eigenvalue weighted by Crippen LogP contribution is 2.53. The van der Waals surface area contributed by atoms with Crippen molar-refractivity contribution < 1.29 is 9.90 Å². The van der Waals surface area contributed by atoms with Gasteiger partial charge in [0.25, 0.3) is 5.91 Å². The molecule has 0 bridgehead atoms. The van der Waals surface area contributed by atoms with Gasteiger partial charge in [-0.1, -0.05) is 84.9 Å². The Labute approximate surface area is 205 Å². The Morgan fingerprint density at radius 2 is 1.77 bits per heavy atom. The number of para-hydroxylation sites is 1. The van der Waals surface area contributed by atoms with Crippen LogP contribution >= 0.6 is 0 Å². The molecule has 4 heteroatoms. The molecule has 1 heterocycles. The topological polar surface area (TPSA) is 52.6 Å². The molecule has 1 aliphatic carbocycles. The maximum absolute atomic E-state index is 13.7. The van der Waals surface area contributed by atoms with Crippen molar-refractivity contribution >= 4 is 22.4 Å². The number of aromatic hydroxyl groups is 1. The van der Waals surface area contributed by atoms with Gasteiger partial charge in [-0.05, 0) is 46.4 Å². The molecule has 4 aromatic rings. The second-order valence-electron chi connectivity index (χ2n) is 9.61. The Bertz CT molecular complexity index is 1440. The quantitative estimate of drug-likeness (QED) is 0.336. The Balaban J connectivity index is 1.43. The van der Waals surface area contributed by atoms with Crippen LogP contribution in [0.5, 0.6) is 5.75 Å². The van der Waals surface area contributed by atoms with Crippen LogP contribution in [0, 0.1) is 5.92 Å². The van der Waals surface area contributed by atoms with Crippen LogP contribution in [0.3, 0.4) is 0 Å². The summed E-state index contributed by atoms with van der Waals surface area (Å²) in [5, 5.41) is 16.9. The van der Waals surface area contributed by atoms with Gasteiger partial charge in [-0.15, -0.1) is 0 Å². The number of nitrogens with one attached hydrogen (secondary N) is 1. The molecule has 0 saturated carbocycles. The maximum atomic E-state index is 13.7. The number of amides is 1. The fourth-order valence-electron chi connectivity index (χ4n) is 5.83. The summed E-state index contributed by atoms with van der Waals surface area (Å²) in [6.45, 7) is 0.544. The van der Waals surface area contributed by atoms with Crippen LogP contribution in [-0.4, -0.2) is 23.0 Å². The molecule has 174 valence electrons. The molecule has 0 fully saturated rings. The number of carbonyl (C=O) groups excluding carboxylic acids is 1. The molecule has 3 unspecified atom stereocenters. The van der Waals surface area contributed by atoms with Crippen LogP contribution in [-0.2, 0) is 6.54 Å². The van der Waals surface area contributed by atoms with Gasteiger partial charge < -0.3 is 15.3 Å². The molecule has 6 rings (SSSR count). The van der Waals surface area contributed by atoms with Crippen molar-refractivity contribution in [2.75, 3.05) is 12.4 Å². The van der Waals surface area contributed by atoms with E-state index in [1.807, 2.05) is 67.7 Å². The van der Waals surface area contributed by atoms with Crippen molar-refractivity contribution in [3.05, 3.63) is 119 Å². The lowest BCUT2D eigenvalue weighted by atomic mass is 9.75. The molecule has 0 spiro atoms. The van der Waals surface area contributed by atoms with E-state index in [0.29, 0.717) is 17.9 Å². The van der Waals surface area contributed by atoms with Crippen molar-refractivity contribution in [1.82, 2.24) is 4.90 Å². The Morgan fingerprint density at radius 1 is 0.971 bits per heavy atom. The van der Waals surface area contributed by atoms with Gasteiger partial charge in [0.1, 0.15) is 5.75 Å². The predicted molar refractivity (Wildman–Crippen MR) is 141 cm³/mol. The van der Waals surface area contributed by atoms with Crippen LogP contribution in [0.25, 0.3) is 10.8 Å². The molecule has 2 N–H and O–H groups in total. The smallest absolute Gasteiger partial charge is 0.256 e. The Kier molecular flexibility index (Phi) is 5.29. The number of phenols is 1. The predicted octanol–water partition coefficient (Wildman–Crippen LogP) is 6.64. The number of phenolic OH excluding ortho intramolecular Hbond substituents is 1. The first-order valence-electron chi connectivity index (χ1n) is 12.2. The van der Waals surface area contributed by atoms with E-state index in [0.717, 1.165) is 39.6 Å². The van der Waals surface area contributed by atoms with Gasteiger partial charge in [-0.2, -0.15) is 0 Å². The van der Waals surface area contributed by atoms with Gasteiger partial charge in [0.05, 0.1) is 17.3 Å². The van der Waals surface area contributed by atoms with Crippen LogP contribution < -0.4 is 5.32 Å². The fourth-order valence-corrected chi connectivity index (χ4v) is 5.83. The average molecular weight is 461 g/mol. The third-order valence-electron chi connectivity index (χ3n) is 7.50. The first kappa shape index (κ1) is 21.5. The largest absolute Gasteiger partial charge is 0.508 e. The lowest BCUT2D eigenvalue weighted by Gasteiger charge is -2.39. The van der Waals surface area contributed by atoms with Gasteiger partial charge in [0, 0.05) is 25.1 Å². The number of benzene rings is 4. The first-order chi connectivity index (χ1) is 17.1. The molecule has 35 heavy (non-hydrogen) atoms. The summed E-state index contributed by atoms with van der Waals surface area (Å²) in [5.41, 5.74) is 4.71. The van der Waals surface area contributed by atoms with Crippen LogP contribution in [0.15, 0.2) is 97.1 Å². The van der Waals surface area contributed by atoms with Crippen LogP contribution in [0.4, 0.5) is 5.69 Å². The van der Waals surface area contributed by atoms with E-state index in [9.17, 15) is 9.90 Å². The van der Waals surface area contributed by atoms with Gasteiger partial charge in [0.2, 0.25) is 0 Å². The lowest BCUT2D eigenvalue weighted by Crippen LogP contribution is -2.33. The lowest BCUT2D eigenvalue weighted by molar-refractivity contribution is 0.0785. The van der Waals surface area contributed by atoms with Gasteiger partial charge >= 0.3 is 0 Å². The van der Waals surface area contributed by atoms with Crippen molar-refractivity contribution in [1.29, 1.82) is 0 Å². The zero-order chi connectivity index (χ0) is 23.9. The second kappa shape index (κ2) is 8.62. The summed E-state index contributed by atoms with van der Waals surface area (Å²) in [7, 11) is 1.85. The van der Waals surface area contributed by atoms with E-state index in [1.165, 1.54) is 0 Å². The molecule has 1 aliphatic heterocycles. The van der Waals surface area contributed by atoms with Crippen molar-refractivity contribution in [3.8, 4) is 5.75 Å². The highest BCUT2D eigenvalue weighted by atomic mass is 16.3.